The second kappa shape index (κ2) is 6.41. The van der Waals surface area contributed by atoms with Gasteiger partial charge in [-0.05, 0) is 18.4 Å². The Bertz CT molecular complexity index is 678. The molecule has 0 radical (unpaired) electrons. The Kier molecular flexibility index (Phi) is 4.80. The highest BCUT2D eigenvalue weighted by Crippen LogP contribution is 2.11. The van der Waals surface area contributed by atoms with Gasteiger partial charge in [-0.3, -0.25) is 4.68 Å². The minimum Gasteiger partial charge on any atom is -0.267 e. The Morgan fingerprint density at radius 2 is 1.86 bits per heavy atom. The van der Waals surface area contributed by atoms with Crippen molar-refractivity contribution in [3.63, 3.8) is 0 Å². The highest BCUT2D eigenvalue weighted by atomic mass is 32.2. The average Bonchev–Trinajstić information content (AvgIpc) is 2.88. The van der Waals surface area contributed by atoms with E-state index < -0.39 is 10.0 Å². The minimum atomic E-state index is -3.51. The summed E-state index contributed by atoms with van der Waals surface area (Å²) >= 11 is 0. The fourth-order valence-electron chi connectivity index (χ4n) is 1.79. The van der Waals surface area contributed by atoms with Crippen molar-refractivity contribution < 1.29 is 8.42 Å². The zero-order chi connectivity index (χ0) is 15.5. The number of rotatable bonds is 6. The van der Waals surface area contributed by atoms with Gasteiger partial charge in [-0.2, -0.15) is 5.10 Å². The predicted molar refractivity (Wildman–Crippen MR) is 82.4 cm³/mol. The van der Waals surface area contributed by atoms with E-state index in [1.165, 1.54) is 6.20 Å². The van der Waals surface area contributed by atoms with Crippen molar-refractivity contribution in [2.24, 2.45) is 5.92 Å². The Balaban J connectivity index is 2.12. The van der Waals surface area contributed by atoms with Crippen molar-refractivity contribution in [2.75, 3.05) is 0 Å². The summed E-state index contributed by atoms with van der Waals surface area (Å²) in [4.78, 5) is 0.200. The molecule has 1 N–H and O–H groups in total. The van der Waals surface area contributed by atoms with Gasteiger partial charge in [0, 0.05) is 12.2 Å². The number of hydrogen-bond donors (Lipinski definition) is 1. The van der Waals surface area contributed by atoms with Gasteiger partial charge in [0.2, 0.25) is 10.0 Å². The molecule has 1 heterocycles. The quantitative estimate of drug-likeness (QED) is 0.890. The molecule has 1 aromatic heterocycles. The molecule has 0 spiro atoms. The van der Waals surface area contributed by atoms with Gasteiger partial charge >= 0.3 is 0 Å². The maximum atomic E-state index is 12.2. The lowest BCUT2D eigenvalue weighted by molar-refractivity contribution is 0.476. The van der Waals surface area contributed by atoms with Gasteiger partial charge in [-0.15, -0.1) is 0 Å². The van der Waals surface area contributed by atoms with E-state index in [4.69, 9.17) is 0 Å². The van der Waals surface area contributed by atoms with Crippen LogP contribution < -0.4 is 4.72 Å². The fourth-order valence-corrected chi connectivity index (χ4v) is 3.13. The molecule has 0 saturated carbocycles. The number of nitrogens with zero attached hydrogens (tertiary/aromatic N) is 2. The number of benzene rings is 1. The number of sulfonamides is 1. The standard InChI is InChI=1S/C15H21N3O2S/c1-12(2)13(3)17-21(19,20)15-9-16-18(11-15)10-14-7-5-4-6-8-14/h4-9,11-13,17H,10H2,1-3H3. The van der Waals surface area contributed by atoms with Crippen LogP contribution in [0, 0.1) is 5.92 Å². The molecule has 0 aliphatic carbocycles. The van der Waals surface area contributed by atoms with Gasteiger partial charge in [0.15, 0.2) is 0 Å². The summed E-state index contributed by atoms with van der Waals surface area (Å²) in [6, 6.07) is 9.68. The molecule has 2 rings (SSSR count). The highest BCUT2D eigenvalue weighted by molar-refractivity contribution is 7.89. The molecule has 0 amide bonds. The molecule has 0 fully saturated rings. The molecule has 0 saturated heterocycles. The first kappa shape index (κ1) is 15.7. The van der Waals surface area contributed by atoms with Crippen LogP contribution in [0.2, 0.25) is 0 Å². The summed E-state index contributed by atoms with van der Waals surface area (Å²) < 4.78 is 28.8. The Morgan fingerprint density at radius 1 is 1.19 bits per heavy atom. The van der Waals surface area contributed by atoms with Crippen LogP contribution in [0.15, 0.2) is 47.6 Å². The third kappa shape index (κ3) is 4.15. The minimum absolute atomic E-state index is 0.118. The van der Waals surface area contributed by atoms with E-state index >= 15 is 0 Å². The molecule has 114 valence electrons. The summed E-state index contributed by atoms with van der Waals surface area (Å²) in [6.07, 6.45) is 2.95. The van der Waals surface area contributed by atoms with Gasteiger partial charge in [-0.25, -0.2) is 13.1 Å². The zero-order valence-corrected chi connectivity index (χ0v) is 13.3. The monoisotopic (exact) mass is 307 g/mol. The first-order valence-corrected chi connectivity index (χ1v) is 8.45. The molecular formula is C15H21N3O2S. The Hall–Kier alpha value is -1.66. The van der Waals surface area contributed by atoms with Crippen LogP contribution in [0.25, 0.3) is 0 Å². The van der Waals surface area contributed by atoms with E-state index in [1.54, 1.807) is 10.9 Å². The SMILES string of the molecule is CC(C)C(C)NS(=O)(=O)c1cnn(Cc2ccccc2)c1. The molecular weight excluding hydrogens is 286 g/mol. The molecule has 0 bridgehead atoms. The third-order valence-electron chi connectivity index (χ3n) is 3.45. The van der Waals surface area contributed by atoms with E-state index in [-0.39, 0.29) is 16.9 Å². The van der Waals surface area contributed by atoms with Crippen molar-refractivity contribution in [3.05, 3.63) is 48.3 Å². The van der Waals surface area contributed by atoms with Crippen molar-refractivity contribution in [1.29, 1.82) is 0 Å². The summed E-state index contributed by atoms with van der Waals surface area (Å²) in [5.41, 5.74) is 1.08. The van der Waals surface area contributed by atoms with E-state index in [2.05, 4.69) is 9.82 Å². The molecule has 1 atom stereocenters. The molecule has 5 nitrogen and oxygen atoms in total. The highest BCUT2D eigenvalue weighted by Gasteiger charge is 2.20. The average molecular weight is 307 g/mol. The van der Waals surface area contributed by atoms with Crippen molar-refractivity contribution >= 4 is 10.0 Å². The Morgan fingerprint density at radius 3 is 2.48 bits per heavy atom. The normalized spacial score (nSPS) is 13.5. The van der Waals surface area contributed by atoms with Gasteiger partial charge < -0.3 is 0 Å². The topological polar surface area (TPSA) is 64.0 Å². The summed E-state index contributed by atoms with van der Waals surface area (Å²) in [7, 11) is -3.51. The molecule has 21 heavy (non-hydrogen) atoms. The largest absolute Gasteiger partial charge is 0.267 e. The molecule has 0 aliphatic rings. The maximum absolute atomic E-state index is 12.2. The predicted octanol–water partition coefficient (Wildman–Crippen LogP) is 2.25. The molecule has 6 heteroatoms. The Labute approximate surface area is 126 Å². The second-order valence-corrected chi connectivity index (χ2v) is 7.23. The van der Waals surface area contributed by atoms with Crippen molar-refractivity contribution in [2.45, 2.75) is 38.3 Å². The zero-order valence-electron chi connectivity index (χ0n) is 12.5. The molecule has 1 unspecified atom stereocenters. The number of aromatic nitrogens is 2. The second-order valence-electron chi connectivity index (χ2n) is 5.51. The number of nitrogens with one attached hydrogen (secondary N) is 1. The van der Waals surface area contributed by atoms with E-state index in [9.17, 15) is 8.42 Å². The van der Waals surface area contributed by atoms with Crippen LogP contribution >= 0.6 is 0 Å². The first-order chi connectivity index (χ1) is 9.88. The third-order valence-corrected chi connectivity index (χ3v) is 4.96. The van der Waals surface area contributed by atoms with Gasteiger partial charge in [0.05, 0.1) is 12.7 Å². The van der Waals surface area contributed by atoms with Crippen LogP contribution in [-0.2, 0) is 16.6 Å². The van der Waals surface area contributed by atoms with E-state index in [0.29, 0.717) is 6.54 Å². The van der Waals surface area contributed by atoms with E-state index in [0.717, 1.165) is 5.56 Å². The summed E-state index contributed by atoms with van der Waals surface area (Å²) in [6.45, 7) is 6.37. The smallest absolute Gasteiger partial charge is 0.243 e. The van der Waals surface area contributed by atoms with Crippen LogP contribution in [0.1, 0.15) is 26.3 Å². The van der Waals surface area contributed by atoms with Gasteiger partial charge in [0.1, 0.15) is 4.90 Å². The van der Waals surface area contributed by atoms with Crippen LogP contribution in [0.5, 0.6) is 0 Å². The lowest BCUT2D eigenvalue weighted by atomic mass is 10.1. The summed E-state index contributed by atoms with van der Waals surface area (Å²) in [5.74, 6) is 0.235. The van der Waals surface area contributed by atoms with Crippen molar-refractivity contribution in [3.8, 4) is 0 Å². The molecule has 2 aromatic rings. The van der Waals surface area contributed by atoms with E-state index in [1.807, 2.05) is 51.1 Å². The molecule has 1 aromatic carbocycles. The number of hydrogen-bond acceptors (Lipinski definition) is 3. The first-order valence-electron chi connectivity index (χ1n) is 6.97. The van der Waals surface area contributed by atoms with Crippen LogP contribution in [0.4, 0.5) is 0 Å². The lowest BCUT2D eigenvalue weighted by Crippen LogP contribution is -2.35. The summed E-state index contributed by atoms with van der Waals surface area (Å²) in [5, 5.41) is 4.13. The van der Waals surface area contributed by atoms with Crippen LogP contribution in [-0.4, -0.2) is 24.2 Å². The molecule has 0 aliphatic heterocycles. The van der Waals surface area contributed by atoms with Gasteiger partial charge in [-0.1, -0.05) is 44.2 Å². The van der Waals surface area contributed by atoms with Gasteiger partial charge in [0.25, 0.3) is 0 Å². The lowest BCUT2D eigenvalue weighted by Gasteiger charge is -2.16. The van der Waals surface area contributed by atoms with Crippen molar-refractivity contribution in [1.82, 2.24) is 14.5 Å². The van der Waals surface area contributed by atoms with Crippen LogP contribution in [0.3, 0.4) is 0 Å². The maximum Gasteiger partial charge on any atom is 0.243 e. The fraction of sp³-hybridized carbons (Fsp3) is 0.400.